The molecule has 0 spiro atoms. The number of halogens is 2. The van der Waals surface area contributed by atoms with Crippen LogP contribution in [0.2, 0.25) is 0 Å². The van der Waals surface area contributed by atoms with Crippen LogP contribution in [-0.2, 0) is 10.6 Å². The first-order valence-corrected chi connectivity index (χ1v) is 5.27. The standard InChI is InChI=1S/C11H12ClFO3/c1-3-16-11(14)10-7(6-12)9(15-2)5-4-8(10)13/h4-5H,3,6H2,1-2H3. The number of methoxy groups -OCH3 is 1. The van der Waals surface area contributed by atoms with Gasteiger partial charge in [-0.25, -0.2) is 9.18 Å². The van der Waals surface area contributed by atoms with Gasteiger partial charge in [0.05, 0.1) is 19.6 Å². The van der Waals surface area contributed by atoms with Gasteiger partial charge in [0.1, 0.15) is 17.1 Å². The molecule has 0 aliphatic heterocycles. The van der Waals surface area contributed by atoms with Crippen LogP contribution in [0.5, 0.6) is 5.75 Å². The van der Waals surface area contributed by atoms with Crippen LogP contribution < -0.4 is 4.74 Å². The van der Waals surface area contributed by atoms with E-state index in [1.54, 1.807) is 6.92 Å². The van der Waals surface area contributed by atoms with E-state index in [0.29, 0.717) is 11.3 Å². The normalized spacial score (nSPS) is 10.0. The molecule has 0 aliphatic rings. The van der Waals surface area contributed by atoms with Gasteiger partial charge in [-0.05, 0) is 19.1 Å². The molecule has 88 valence electrons. The third kappa shape index (κ3) is 2.44. The maximum absolute atomic E-state index is 13.5. The number of ether oxygens (including phenoxy) is 2. The summed E-state index contributed by atoms with van der Waals surface area (Å²) in [7, 11) is 1.43. The van der Waals surface area contributed by atoms with Gasteiger partial charge in [0.25, 0.3) is 0 Å². The van der Waals surface area contributed by atoms with E-state index in [9.17, 15) is 9.18 Å². The van der Waals surface area contributed by atoms with E-state index in [2.05, 4.69) is 0 Å². The Balaban J connectivity index is 3.28. The van der Waals surface area contributed by atoms with E-state index in [-0.39, 0.29) is 18.1 Å². The molecule has 0 fully saturated rings. The second-order valence-electron chi connectivity index (χ2n) is 2.96. The topological polar surface area (TPSA) is 35.5 Å². The van der Waals surface area contributed by atoms with Crippen LogP contribution in [0.3, 0.4) is 0 Å². The smallest absolute Gasteiger partial charge is 0.341 e. The molecule has 5 heteroatoms. The van der Waals surface area contributed by atoms with Crippen LogP contribution in [0.25, 0.3) is 0 Å². The van der Waals surface area contributed by atoms with Gasteiger partial charge in [0.2, 0.25) is 0 Å². The maximum atomic E-state index is 13.5. The molecule has 0 heterocycles. The highest BCUT2D eigenvalue weighted by Gasteiger charge is 2.20. The van der Waals surface area contributed by atoms with Crippen molar-refractivity contribution < 1.29 is 18.7 Å². The molecule has 0 amide bonds. The average molecular weight is 247 g/mol. The third-order valence-electron chi connectivity index (χ3n) is 2.05. The quantitative estimate of drug-likeness (QED) is 0.605. The third-order valence-corrected chi connectivity index (χ3v) is 2.32. The number of rotatable bonds is 4. The fourth-order valence-corrected chi connectivity index (χ4v) is 1.61. The molecule has 0 N–H and O–H groups in total. The molecule has 1 rings (SSSR count). The van der Waals surface area contributed by atoms with Crippen molar-refractivity contribution in [2.75, 3.05) is 13.7 Å². The van der Waals surface area contributed by atoms with Gasteiger partial charge in [-0.1, -0.05) is 0 Å². The predicted octanol–water partition coefficient (Wildman–Crippen LogP) is 2.75. The highest BCUT2D eigenvalue weighted by atomic mass is 35.5. The average Bonchev–Trinajstić information content (AvgIpc) is 2.28. The summed E-state index contributed by atoms with van der Waals surface area (Å²) in [6, 6.07) is 2.58. The molecule has 0 aliphatic carbocycles. The number of benzene rings is 1. The molecule has 0 aromatic heterocycles. The van der Waals surface area contributed by atoms with Crippen LogP contribution in [0.15, 0.2) is 12.1 Å². The zero-order chi connectivity index (χ0) is 12.1. The number of hydrogen-bond donors (Lipinski definition) is 0. The highest BCUT2D eigenvalue weighted by Crippen LogP contribution is 2.27. The van der Waals surface area contributed by atoms with E-state index in [1.165, 1.54) is 13.2 Å². The summed E-state index contributed by atoms with van der Waals surface area (Å²) in [4.78, 5) is 11.5. The van der Waals surface area contributed by atoms with Gasteiger partial charge in [-0.15, -0.1) is 11.6 Å². The van der Waals surface area contributed by atoms with Crippen molar-refractivity contribution >= 4 is 17.6 Å². The van der Waals surface area contributed by atoms with E-state index in [4.69, 9.17) is 21.1 Å². The van der Waals surface area contributed by atoms with E-state index >= 15 is 0 Å². The summed E-state index contributed by atoms with van der Waals surface area (Å²) in [6.45, 7) is 1.83. The molecular weight excluding hydrogens is 235 g/mol. The zero-order valence-corrected chi connectivity index (χ0v) is 9.81. The Morgan fingerprint density at radius 1 is 1.50 bits per heavy atom. The van der Waals surface area contributed by atoms with Crippen LogP contribution in [-0.4, -0.2) is 19.7 Å². The molecule has 0 bridgehead atoms. The fraction of sp³-hybridized carbons (Fsp3) is 0.364. The molecule has 0 saturated heterocycles. The lowest BCUT2D eigenvalue weighted by molar-refractivity contribution is 0.0519. The maximum Gasteiger partial charge on any atom is 0.341 e. The summed E-state index contributed by atoms with van der Waals surface area (Å²) in [5.41, 5.74) is 0.152. The van der Waals surface area contributed by atoms with Crippen molar-refractivity contribution in [3.8, 4) is 5.75 Å². The minimum Gasteiger partial charge on any atom is -0.496 e. The molecule has 0 radical (unpaired) electrons. The predicted molar refractivity (Wildman–Crippen MR) is 58.5 cm³/mol. The number of esters is 1. The summed E-state index contributed by atoms with van der Waals surface area (Å²) < 4.78 is 23.3. The number of hydrogen-bond acceptors (Lipinski definition) is 3. The number of carbonyl (C=O) groups excluding carboxylic acids is 1. The lowest BCUT2D eigenvalue weighted by Gasteiger charge is -2.11. The van der Waals surface area contributed by atoms with Crippen molar-refractivity contribution in [3.05, 3.63) is 29.1 Å². The Labute approximate surface area is 98.1 Å². The summed E-state index contributed by atoms with van der Waals surface area (Å²) in [6.07, 6.45) is 0. The van der Waals surface area contributed by atoms with E-state index in [0.717, 1.165) is 6.07 Å². The minimum atomic E-state index is -0.727. The monoisotopic (exact) mass is 246 g/mol. The summed E-state index contributed by atoms with van der Waals surface area (Å²) >= 11 is 5.68. The Morgan fingerprint density at radius 2 is 2.19 bits per heavy atom. The summed E-state index contributed by atoms with van der Waals surface area (Å²) in [5.74, 6) is -1.03. The van der Waals surface area contributed by atoms with E-state index < -0.39 is 11.8 Å². The summed E-state index contributed by atoms with van der Waals surface area (Å²) in [5, 5.41) is 0. The molecular formula is C11H12ClFO3. The van der Waals surface area contributed by atoms with Gasteiger partial charge in [0.15, 0.2) is 0 Å². The van der Waals surface area contributed by atoms with Crippen molar-refractivity contribution in [2.24, 2.45) is 0 Å². The van der Waals surface area contributed by atoms with Gasteiger partial charge < -0.3 is 9.47 Å². The Bertz CT molecular complexity index is 393. The molecule has 0 atom stereocenters. The van der Waals surface area contributed by atoms with Crippen LogP contribution >= 0.6 is 11.6 Å². The molecule has 0 unspecified atom stereocenters. The first kappa shape index (κ1) is 12.8. The van der Waals surface area contributed by atoms with Gasteiger partial charge in [0, 0.05) is 5.56 Å². The largest absolute Gasteiger partial charge is 0.496 e. The Kier molecular flexibility index (Phi) is 4.55. The molecule has 1 aromatic rings. The van der Waals surface area contributed by atoms with Crippen molar-refractivity contribution in [1.29, 1.82) is 0 Å². The molecule has 3 nitrogen and oxygen atoms in total. The Morgan fingerprint density at radius 3 is 2.69 bits per heavy atom. The van der Waals surface area contributed by atoms with Crippen molar-refractivity contribution in [1.82, 2.24) is 0 Å². The lowest BCUT2D eigenvalue weighted by Crippen LogP contribution is -2.11. The van der Waals surface area contributed by atoms with Crippen LogP contribution in [0, 0.1) is 5.82 Å². The zero-order valence-electron chi connectivity index (χ0n) is 9.05. The lowest BCUT2D eigenvalue weighted by atomic mass is 10.1. The second kappa shape index (κ2) is 5.70. The van der Waals surface area contributed by atoms with Gasteiger partial charge in [-0.2, -0.15) is 0 Å². The van der Waals surface area contributed by atoms with Crippen LogP contribution in [0.4, 0.5) is 4.39 Å². The number of alkyl halides is 1. The van der Waals surface area contributed by atoms with Crippen molar-refractivity contribution in [3.63, 3.8) is 0 Å². The molecule has 16 heavy (non-hydrogen) atoms. The first-order chi connectivity index (χ1) is 7.65. The molecule has 1 aromatic carbocycles. The Hall–Kier alpha value is -1.29. The van der Waals surface area contributed by atoms with Gasteiger partial charge in [-0.3, -0.25) is 0 Å². The van der Waals surface area contributed by atoms with Crippen LogP contribution in [0.1, 0.15) is 22.8 Å². The van der Waals surface area contributed by atoms with E-state index in [1.807, 2.05) is 0 Å². The fourth-order valence-electron chi connectivity index (χ4n) is 1.35. The van der Waals surface area contributed by atoms with Crippen molar-refractivity contribution in [2.45, 2.75) is 12.8 Å². The SMILES string of the molecule is CCOC(=O)c1c(F)ccc(OC)c1CCl. The number of carbonyl (C=O) groups is 1. The highest BCUT2D eigenvalue weighted by molar-refractivity contribution is 6.18. The second-order valence-corrected chi connectivity index (χ2v) is 3.22. The molecule has 0 saturated carbocycles. The first-order valence-electron chi connectivity index (χ1n) is 4.74. The minimum absolute atomic E-state index is 0.0188. The van der Waals surface area contributed by atoms with Gasteiger partial charge >= 0.3 is 5.97 Å².